The molecule has 0 bridgehead atoms. The van der Waals surface area contributed by atoms with E-state index in [0.717, 1.165) is 12.8 Å². The second kappa shape index (κ2) is 21.7. The Bertz CT molecular complexity index is 381. The molecule has 0 unspecified atom stereocenters. The van der Waals surface area contributed by atoms with Gasteiger partial charge >= 0.3 is 0 Å². The van der Waals surface area contributed by atoms with Crippen molar-refractivity contribution in [2.45, 2.75) is 128 Å². The van der Waals surface area contributed by atoms with Crippen LogP contribution in [0, 0.1) is 0 Å². The van der Waals surface area contributed by atoms with Crippen LogP contribution in [-0.4, -0.2) is 64.2 Å². The second-order valence-electron chi connectivity index (χ2n) is 8.63. The summed E-state index contributed by atoms with van der Waals surface area (Å²) in [7, 11) is 0. The van der Waals surface area contributed by atoms with Gasteiger partial charge in [-0.15, -0.1) is 0 Å². The number of carbonyl (C=O) groups excluding carboxylic acids is 1. The first-order valence-corrected chi connectivity index (χ1v) is 12.4. The van der Waals surface area contributed by atoms with Gasteiger partial charge in [0.1, 0.15) is 18.3 Å². The lowest BCUT2D eigenvalue weighted by Crippen LogP contribution is -2.46. The highest BCUT2D eigenvalue weighted by molar-refractivity contribution is 5.85. The van der Waals surface area contributed by atoms with E-state index in [-0.39, 0.29) is 6.54 Å². The van der Waals surface area contributed by atoms with E-state index in [1.165, 1.54) is 89.9 Å². The zero-order chi connectivity index (χ0) is 22.5. The molecular weight excluding hydrogens is 382 g/mol. The number of unbranched alkanes of at least 4 members (excludes halogenated alkanes) is 15. The fourth-order valence-corrected chi connectivity index (χ4v) is 3.62. The third-order valence-electron chi connectivity index (χ3n) is 5.74. The van der Waals surface area contributed by atoms with Crippen LogP contribution >= 0.6 is 0 Å². The van der Waals surface area contributed by atoms with Crippen molar-refractivity contribution in [1.29, 1.82) is 0 Å². The Labute approximate surface area is 184 Å². The molecule has 5 N–H and O–H groups in total. The summed E-state index contributed by atoms with van der Waals surface area (Å²) in [4.78, 5) is 11.7. The summed E-state index contributed by atoms with van der Waals surface area (Å²) in [5.41, 5.74) is 0. The highest BCUT2D eigenvalue weighted by Crippen LogP contribution is 2.13. The van der Waals surface area contributed by atoms with Gasteiger partial charge < -0.3 is 25.7 Å². The van der Waals surface area contributed by atoms with Crippen molar-refractivity contribution in [2.24, 2.45) is 0 Å². The summed E-state index contributed by atoms with van der Waals surface area (Å²) in [6.45, 7) is 2.21. The molecule has 0 radical (unpaired) electrons. The highest BCUT2D eigenvalue weighted by Gasteiger charge is 2.29. The molecule has 0 aromatic heterocycles. The molecule has 0 aromatic carbocycles. The molecular formula is C24H49NO5. The molecule has 6 heteroatoms. The fraction of sp³-hybridized carbons (Fsp3) is 0.958. The number of aliphatic hydroxyl groups excluding tert-OH is 4. The van der Waals surface area contributed by atoms with Gasteiger partial charge in [0, 0.05) is 0 Å². The van der Waals surface area contributed by atoms with E-state index >= 15 is 0 Å². The molecule has 0 spiro atoms. The summed E-state index contributed by atoms with van der Waals surface area (Å²) in [6.07, 6.45) is 16.3. The van der Waals surface area contributed by atoms with Crippen molar-refractivity contribution in [1.82, 2.24) is 5.32 Å². The Balaban J connectivity index is 3.30. The largest absolute Gasteiger partial charge is 0.394 e. The summed E-state index contributed by atoms with van der Waals surface area (Å²) < 4.78 is 0. The first-order chi connectivity index (χ1) is 14.5. The van der Waals surface area contributed by atoms with Gasteiger partial charge in [-0.1, -0.05) is 103 Å². The fourth-order valence-electron chi connectivity index (χ4n) is 3.62. The lowest BCUT2D eigenvalue weighted by molar-refractivity contribution is -0.139. The summed E-state index contributed by atoms with van der Waals surface area (Å²) in [5, 5.41) is 40.1. The van der Waals surface area contributed by atoms with E-state index in [4.69, 9.17) is 5.11 Å². The monoisotopic (exact) mass is 431 g/mol. The van der Waals surface area contributed by atoms with E-state index in [2.05, 4.69) is 12.2 Å². The Morgan fingerprint density at radius 3 is 1.50 bits per heavy atom. The number of Topliss-reactive ketones (excluding diaryl/α,β-unsaturated/α-hetero) is 1. The average molecular weight is 432 g/mol. The molecule has 30 heavy (non-hydrogen) atoms. The van der Waals surface area contributed by atoms with Gasteiger partial charge in [-0.3, -0.25) is 4.79 Å². The van der Waals surface area contributed by atoms with Crippen LogP contribution in [0.2, 0.25) is 0 Å². The summed E-state index contributed by atoms with van der Waals surface area (Å²) in [5.74, 6) is -0.577. The molecule has 0 aliphatic rings. The molecule has 0 saturated carbocycles. The van der Waals surface area contributed by atoms with Crippen molar-refractivity contribution in [3.05, 3.63) is 0 Å². The van der Waals surface area contributed by atoms with Crippen LogP contribution in [0.4, 0.5) is 0 Å². The quantitative estimate of drug-likeness (QED) is 0.158. The maximum Gasteiger partial charge on any atom is 0.177 e. The van der Waals surface area contributed by atoms with Crippen LogP contribution in [0.25, 0.3) is 0 Å². The van der Waals surface area contributed by atoms with Gasteiger partial charge in [0.05, 0.1) is 13.2 Å². The van der Waals surface area contributed by atoms with Crippen molar-refractivity contribution < 1.29 is 25.2 Å². The first-order valence-electron chi connectivity index (χ1n) is 12.4. The number of ketones is 1. The normalized spacial score (nSPS) is 14.6. The molecule has 0 fully saturated rings. The SMILES string of the molecule is CCCCCCCCCCCCCCCCCCNCC(=O)[C@@H](O)[C@@H](O)[C@H](O)CO. The molecule has 0 heterocycles. The van der Waals surface area contributed by atoms with Crippen molar-refractivity contribution >= 4 is 5.78 Å². The van der Waals surface area contributed by atoms with E-state index < -0.39 is 30.7 Å². The molecule has 3 atom stereocenters. The van der Waals surface area contributed by atoms with Crippen LogP contribution in [0.5, 0.6) is 0 Å². The zero-order valence-electron chi connectivity index (χ0n) is 19.4. The maximum absolute atomic E-state index is 11.7. The Hall–Kier alpha value is -0.530. The van der Waals surface area contributed by atoms with E-state index in [9.17, 15) is 20.1 Å². The van der Waals surface area contributed by atoms with E-state index in [0.29, 0.717) is 6.54 Å². The highest BCUT2D eigenvalue weighted by atomic mass is 16.4. The molecule has 0 amide bonds. The van der Waals surface area contributed by atoms with E-state index in [1.54, 1.807) is 0 Å². The average Bonchev–Trinajstić information content (AvgIpc) is 2.76. The Morgan fingerprint density at radius 1 is 0.700 bits per heavy atom. The number of hydrogen-bond acceptors (Lipinski definition) is 6. The van der Waals surface area contributed by atoms with Gasteiger partial charge in [0.2, 0.25) is 0 Å². The van der Waals surface area contributed by atoms with Gasteiger partial charge in [0.15, 0.2) is 5.78 Å². The molecule has 0 aliphatic carbocycles. The van der Waals surface area contributed by atoms with Gasteiger partial charge in [-0.2, -0.15) is 0 Å². The Morgan fingerprint density at radius 2 is 1.10 bits per heavy atom. The Kier molecular flexibility index (Phi) is 21.3. The minimum Gasteiger partial charge on any atom is -0.394 e. The molecule has 6 nitrogen and oxygen atoms in total. The molecule has 0 aromatic rings. The van der Waals surface area contributed by atoms with Crippen molar-refractivity contribution in [3.8, 4) is 0 Å². The van der Waals surface area contributed by atoms with Crippen molar-refractivity contribution in [2.75, 3.05) is 19.7 Å². The topological polar surface area (TPSA) is 110 Å². The van der Waals surface area contributed by atoms with E-state index in [1.807, 2.05) is 0 Å². The second-order valence-corrected chi connectivity index (χ2v) is 8.63. The zero-order valence-corrected chi connectivity index (χ0v) is 19.4. The van der Waals surface area contributed by atoms with Crippen LogP contribution in [0.15, 0.2) is 0 Å². The van der Waals surface area contributed by atoms with Crippen LogP contribution in [0.3, 0.4) is 0 Å². The number of rotatable bonds is 23. The number of nitrogens with one attached hydrogen (secondary N) is 1. The predicted molar refractivity (Wildman–Crippen MR) is 123 cm³/mol. The number of aliphatic hydroxyl groups is 4. The van der Waals surface area contributed by atoms with Crippen LogP contribution in [-0.2, 0) is 4.79 Å². The minimum atomic E-state index is -1.68. The van der Waals surface area contributed by atoms with Crippen LogP contribution < -0.4 is 5.32 Å². The standard InChI is InChI=1S/C24H49NO5/c1-2-3-4-5-6-7-8-9-10-11-12-13-14-15-16-17-18-25-19-21(27)23(29)24(30)22(28)20-26/h22-26,28-30H,2-20H2,1H3/t22-,23-,24+/m1/s1. The molecule has 180 valence electrons. The molecule has 0 saturated heterocycles. The molecule has 0 aliphatic heterocycles. The van der Waals surface area contributed by atoms with Gasteiger partial charge in [-0.05, 0) is 13.0 Å². The number of hydrogen-bond donors (Lipinski definition) is 5. The van der Waals surface area contributed by atoms with Crippen LogP contribution in [0.1, 0.15) is 110 Å². The first kappa shape index (κ1) is 29.5. The van der Waals surface area contributed by atoms with Crippen molar-refractivity contribution in [3.63, 3.8) is 0 Å². The summed E-state index contributed by atoms with van der Waals surface area (Å²) in [6, 6.07) is 0. The lowest BCUT2D eigenvalue weighted by Gasteiger charge is -2.20. The van der Waals surface area contributed by atoms with Gasteiger partial charge in [-0.25, -0.2) is 0 Å². The maximum atomic E-state index is 11.7. The smallest absolute Gasteiger partial charge is 0.177 e. The third kappa shape index (κ3) is 17.2. The lowest BCUT2D eigenvalue weighted by atomic mass is 10.0. The third-order valence-corrected chi connectivity index (χ3v) is 5.74. The van der Waals surface area contributed by atoms with Gasteiger partial charge in [0.25, 0.3) is 0 Å². The minimum absolute atomic E-state index is 0.0465. The predicted octanol–water partition coefficient (Wildman–Crippen LogP) is 3.48. The summed E-state index contributed by atoms with van der Waals surface area (Å²) >= 11 is 0. The number of carbonyl (C=O) groups is 1. The molecule has 0 rings (SSSR count).